The zero-order valence-electron chi connectivity index (χ0n) is 15.5. The summed E-state index contributed by atoms with van der Waals surface area (Å²) in [5.41, 5.74) is 2.42. The molecule has 1 unspecified atom stereocenters. The molecule has 3 rings (SSSR count). The lowest BCUT2D eigenvalue weighted by Crippen LogP contribution is -2.24. The third kappa shape index (κ3) is 6.00. The molecule has 0 radical (unpaired) electrons. The second-order valence-electron chi connectivity index (χ2n) is 6.69. The molecule has 26 heavy (non-hydrogen) atoms. The smallest absolute Gasteiger partial charge is 0.123 e. The summed E-state index contributed by atoms with van der Waals surface area (Å²) in [4.78, 5) is 4.04. The van der Waals surface area contributed by atoms with Crippen LogP contribution in [0.3, 0.4) is 0 Å². The molecular formula is C21H29N3O2. The van der Waals surface area contributed by atoms with E-state index in [0.29, 0.717) is 13.2 Å². The number of benzene rings is 1. The topological polar surface area (TPSA) is 55.4 Å². The van der Waals surface area contributed by atoms with E-state index in [0.717, 1.165) is 50.0 Å². The van der Waals surface area contributed by atoms with Gasteiger partial charge in [-0.25, -0.2) is 0 Å². The summed E-state index contributed by atoms with van der Waals surface area (Å²) in [6.07, 6.45) is 5.75. The van der Waals surface area contributed by atoms with Crippen molar-refractivity contribution in [3.8, 4) is 11.5 Å². The maximum Gasteiger partial charge on any atom is 0.123 e. The molecule has 0 spiro atoms. The Kier molecular flexibility index (Phi) is 7.28. The standard InChI is InChI=1S/C21H29N3O2/c1-2-25-20-11-19(16-24-15-18-5-9-23-14-18)12-21(13-20)26-10-6-17-3-7-22-8-4-17/h3-4,7-8,11-13,18,23-24H,2,5-6,9-10,14-16H2,1H3. The van der Waals surface area contributed by atoms with Gasteiger partial charge in [0.25, 0.3) is 0 Å². The molecule has 2 N–H and O–H groups in total. The molecule has 1 atom stereocenters. The second kappa shape index (κ2) is 10.1. The van der Waals surface area contributed by atoms with Crippen LogP contribution in [0.15, 0.2) is 42.7 Å². The Morgan fingerprint density at radius 1 is 1.12 bits per heavy atom. The minimum absolute atomic E-state index is 0.639. The van der Waals surface area contributed by atoms with Crippen molar-refractivity contribution in [3.63, 3.8) is 0 Å². The fraction of sp³-hybridized carbons (Fsp3) is 0.476. The highest BCUT2D eigenvalue weighted by atomic mass is 16.5. The maximum atomic E-state index is 5.98. The van der Waals surface area contributed by atoms with Crippen LogP contribution in [-0.4, -0.2) is 37.8 Å². The van der Waals surface area contributed by atoms with Gasteiger partial charge in [-0.05, 0) is 74.3 Å². The summed E-state index contributed by atoms with van der Waals surface area (Å²) in [5.74, 6) is 2.47. The lowest BCUT2D eigenvalue weighted by Gasteiger charge is -2.14. The van der Waals surface area contributed by atoms with Crippen LogP contribution in [0, 0.1) is 5.92 Å². The molecule has 0 saturated carbocycles. The Bertz CT molecular complexity index is 658. The van der Waals surface area contributed by atoms with Crippen molar-refractivity contribution in [3.05, 3.63) is 53.9 Å². The Morgan fingerprint density at radius 2 is 1.92 bits per heavy atom. The number of nitrogens with zero attached hydrogens (tertiary/aromatic N) is 1. The highest BCUT2D eigenvalue weighted by Crippen LogP contribution is 2.23. The van der Waals surface area contributed by atoms with E-state index >= 15 is 0 Å². The Balaban J connectivity index is 1.54. The Hall–Kier alpha value is -2.11. The summed E-state index contributed by atoms with van der Waals surface area (Å²) >= 11 is 0. The van der Waals surface area contributed by atoms with Gasteiger partial charge in [0.1, 0.15) is 11.5 Å². The molecule has 1 aromatic carbocycles. The van der Waals surface area contributed by atoms with Crippen molar-refractivity contribution in [1.29, 1.82) is 0 Å². The zero-order valence-corrected chi connectivity index (χ0v) is 15.5. The lowest BCUT2D eigenvalue weighted by atomic mass is 10.1. The molecule has 2 heterocycles. The fourth-order valence-electron chi connectivity index (χ4n) is 3.21. The van der Waals surface area contributed by atoms with Crippen LogP contribution in [0.1, 0.15) is 24.5 Å². The number of rotatable bonds is 10. The summed E-state index contributed by atoms with van der Waals surface area (Å²) in [6.45, 7) is 7.43. The normalized spacial score (nSPS) is 16.6. The number of nitrogens with one attached hydrogen (secondary N) is 2. The zero-order chi connectivity index (χ0) is 18.0. The van der Waals surface area contributed by atoms with Crippen molar-refractivity contribution in [2.24, 2.45) is 5.92 Å². The van der Waals surface area contributed by atoms with Crippen molar-refractivity contribution >= 4 is 0 Å². The first-order valence-corrected chi connectivity index (χ1v) is 9.53. The van der Waals surface area contributed by atoms with E-state index in [9.17, 15) is 0 Å². The molecule has 1 aromatic heterocycles. The van der Waals surface area contributed by atoms with E-state index in [2.05, 4.69) is 27.8 Å². The van der Waals surface area contributed by atoms with Gasteiger partial charge in [0, 0.05) is 31.4 Å². The van der Waals surface area contributed by atoms with Crippen LogP contribution in [0.2, 0.25) is 0 Å². The molecular weight excluding hydrogens is 326 g/mol. The molecule has 0 bridgehead atoms. The Morgan fingerprint density at radius 3 is 2.65 bits per heavy atom. The molecule has 1 fully saturated rings. The van der Waals surface area contributed by atoms with Gasteiger partial charge in [-0.2, -0.15) is 0 Å². The average Bonchev–Trinajstić information content (AvgIpc) is 3.16. The van der Waals surface area contributed by atoms with Crippen LogP contribution in [-0.2, 0) is 13.0 Å². The molecule has 0 aliphatic carbocycles. The SMILES string of the molecule is CCOc1cc(CNCC2CCNC2)cc(OCCc2ccncc2)c1. The van der Waals surface area contributed by atoms with Crippen molar-refractivity contribution in [1.82, 2.24) is 15.6 Å². The van der Waals surface area contributed by atoms with E-state index in [-0.39, 0.29) is 0 Å². The highest BCUT2D eigenvalue weighted by molar-refractivity contribution is 5.38. The first-order chi connectivity index (χ1) is 12.8. The minimum Gasteiger partial charge on any atom is -0.494 e. The predicted octanol–water partition coefficient (Wildman–Crippen LogP) is 2.80. The third-order valence-corrected chi connectivity index (χ3v) is 4.58. The van der Waals surface area contributed by atoms with Crippen LogP contribution in [0.4, 0.5) is 0 Å². The summed E-state index contributed by atoms with van der Waals surface area (Å²) in [6, 6.07) is 10.2. The van der Waals surface area contributed by atoms with E-state index in [4.69, 9.17) is 9.47 Å². The first-order valence-electron chi connectivity index (χ1n) is 9.53. The summed E-state index contributed by atoms with van der Waals surface area (Å²) in [5, 5.41) is 6.97. The van der Waals surface area contributed by atoms with Crippen LogP contribution in [0.5, 0.6) is 11.5 Å². The highest BCUT2D eigenvalue weighted by Gasteiger charge is 2.13. The quantitative estimate of drug-likeness (QED) is 0.686. The lowest BCUT2D eigenvalue weighted by molar-refractivity contribution is 0.311. The molecule has 2 aromatic rings. The maximum absolute atomic E-state index is 5.98. The van der Waals surface area contributed by atoms with E-state index < -0.39 is 0 Å². The molecule has 1 saturated heterocycles. The van der Waals surface area contributed by atoms with Gasteiger partial charge in [-0.15, -0.1) is 0 Å². The summed E-state index contributed by atoms with van der Waals surface area (Å²) in [7, 11) is 0. The van der Waals surface area contributed by atoms with E-state index in [1.165, 1.54) is 17.5 Å². The van der Waals surface area contributed by atoms with Crippen LogP contribution in [0.25, 0.3) is 0 Å². The molecule has 1 aliphatic heterocycles. The minimum atomic E-state index is 0.639. The van der Waals surface area contributed by atoms with Crippen molar-refractivity contribution in [2.75, 3.05) is 32.8 Å². The number of hydrogen-bond acceptors (Lipinski definition) is 5. The van der Waals surface area contributed by atoms with Gasteiger partial charge in [-0.3, -0.25) is 4.98 Å². The van der Waals surface area contributed by atoms with Gasteiger partial charge in [-0.1, -0.05) is 0 Å². The summed E-state index contributed by atoms with van der Waals surface area (Å²) < 4.78 is 11.7. The fourth-order valence-corrected chi connectivity index (χ4v) is 3.21. The van der Waals surface area contributed by atoms with Crippen LogP contribution >= 0.6 is 0 Å². The van der Waals surface area contributed by atoms with Crippen molar-refractivity contribution < 1.29 is 9.47 Å². The average molecular weight is 355 g/mol. The van der Waals surface area contributed by atoms with E-state index in [1.54, 1.807) is 0 Å². The van der Waals surface area contributed by atoms with Gasteiger partial charge in [0.2, 0.25) is 0 Å². The van der Waals surface area contributed by atoms with Gasteiger partial charge >= 0.3 is 0 Å². The van der Waals surface area contributed by atoms with Gasteiger partial charge < -0.3 is 20.1 Å². The van der Waals surface area contributed by atoms with Crippen molar-refractivity contribution in [2.45, 2.75) is 26.3 Å². The number of pyridine rings is 1. The van der Waals surface area contributed by atoms with Gasteiger partial charge in [0.05, 0.1) is 13.2 Å². The van der Waals surface area contributed by atoms with Crippen LogP contribution < -0.4 is 20.1 Å². The largest absolute Gasteiger partial charge is 0.494 e. The molecule has 5 nitrogen and oxygen atoms in total. The predicted molar refractivity (Wildman–Crippen MR) is 104 cm³/mol. The first kappa shape index (κ1) is 18.7. The molecule has 1 aliphatic rings. The molecule has 0 amide bonds. The monoisotopic (exact) mass is 355 g/mol. The number of hydrogen-bond donors (Lipinski definition) is 2. The second-order valence-corrected chi connectivity index (χ2v) is 6.69. The number of ether oxygens (including phenoxy) is 2. The van der Waals surface area contributed by atoms with Gasteiger partial charge in [0.15, 0.2) is 0 Å². The van der Waals surface area contributed by atoms with E-state index in [1.807, 2.05) is 37.5 Å². The molecule has 140 valence electrons. The number of aromatic nitrogens is 1. The third-order valence-electron chi connectivity index (χ3n) is 4.58. The Labute approximate surface area is 156 Å². The molecule has 5 heteroatoms.